The highest BCUT2D eigenvalue weighted by Gasteiger charge is 2.38. The van der Waals surface area contributed by atoms with Gasteiger partial charge in [-0.1, -0.05) is 24.8 Å². The quantitative estimate of drug-likeness (QED) is 0.645. The van der Waals surface area contributed by atoms with Gasteiger partial charge in [-0.2, -0.15) is 0 Å². The van der Waals surface area contributed by atoms with Crippen LogP contribution in [-0.2, 0) is 20.8 Å². The molecule has 1 aliphatic heterocycles. The Morgan fingerprint density at radius 2 is 1.97 bits per heavy atom. The van der Waals surface area contributed by atoms with Gasteiger partial charge in [0.05, 0.1) is 6.20 Å². The van der Waals surface area contributed by atoms with Gasteiger partial charge >= 0.3 is 0 Å². The fraction of sp³-hybridized carbons (Fsp3) is 0.217. The van der Waals surface area contributed by atoms with E-state index in [1.54, 1.807) is 21.9 Å². The van der Waals surface area contributed by atoms with E-state index in [4.69, 9.17) is 0 Å². The van der Waals surface area contributed by atoms with E-state index in [1.807, 2.05) is 47.1 Å². The molecule has 1 N–H and O–H groups in total. The van der Waals surface area contributed by atoms with Crippen molar-refractivity contribution in [3.63, 3.8) is 0 Å². The highest BCUT2D eigenvalue weighted by atomic mass is 16.2. The first-order chi connectivity index (χ1) is 15.0. The molecule has 0 aliphatic carbocycles. The first-order valence-corrected chi connectivity index (χ1v) is 10.0. The van der Waals surface area contributed by atoms with E-state index in [0.29, 0.717) is 31.0 Å². The second-order valence-corrected chi connectivity index (χ2v) is 7.39. The number of anilines is 2. The Hall–Kier alpha value is -3.94. The van der Waals surface area contributed by atoms with Gasteiger partial charge in [0.25, 0.3) is 5.91 Å². The van der Waals surface area contributed by atoms with Crippen molar-refractivity contribution < 1.29 is 14.4 Å². The zero-order chi connectivity index (χ0) is 22.0. The Morgan fingerprint density at radius 3 is 2.65 bits per heavy atom. The van der Waals surface area contributed by atoms with Gasteiger partial charge in [0.1, 0.15) is 11.7 Å². The molecule has 1 aromatic carbocycles. The summed E-state index contributed by atoms with van der Waals surface area (Å²) in [6.45, 7) is 5.77. The standard InChI is InChI=1S/C23H23N5O3/c1-3-22(30)27-12-13-28(21-15-26-11-5-4-6-20(26)25-21)23(31)19(27)14-17-7-9-18(10-8-17)24-16(2)29/h3-11,15,19H,1,12-14H2,2H3,(H,24,29)/t19-/m1/s1. The molecule has 1 saturated heterocycles. The summed E-state index contributed by atoms with van der Waals surface area (Å²) in [6.07, 6.45) is 5.28. The lowest BCUT2D eigenvalue weighted by Gasteiger charge is -2.39. The van der Waals surface area contributed by atoms with E-state index in [9.17, 15) is 14.4 Å². The van der Waals surface area contributed by atoms with Crippen LogP contribution in [0.2, 0.25) is 0 Å². The number of imidazole rings is 1. The van der Waals surface area contributed by atoms with Crippen LogP contribution in [0.15, 0.2) is 67.5 Å². The monoisotopic (exact) mass is 417 g/mol. The van der Waals surface area contributed by atoms with Crippen molar-refractivity contribution in [3.05, 3.63) is 73.1 Å². The molecule has 0 unspecified atom stereocenters. The molecular weight excluding hydrogens is 394 g/mol. The summed E-state index contributed by atoms with van der Waals surface area (Å²) >= 11 is 0. The predicted molar refractivity (Wildman–Crippen MR) is 118 cm³/mol. The molecule has 0 radical (unpaired) electrons. The molecule has 1 atom stereocenters. The number of hydrogen-bond donors (Lipinski definition) is 1. The molecule has 2 aromatic heterocycles. The summed E-state index contributed by atoms with van der Waals surface area (Å²) in [7, 11) is 0. The number of rotatable bonds is 5. The smallest absolute Gasteiger partial charge is 0.251 e. The molecule has 3 amide bonds. The summed E-state index contributed by atoms with van der Waals surface area (Å²) in [5.74, 6) is -0.0485. The molecule has 0 spiro atoms. The predicted octanol–water partition coefficient (Wildman–Crippen LogP) is 2.27. The van der Waals surface area contributed by atoms with Crippen LogP contribution in [0.25, 0.3) is 5.65 Å². The van der Waals surface area contributed by atoms with Crippen LogP contribution < -0.4 is 10.2 Å². The highest BCUT2D eigenvalue weighted by Crippen LogP contribution is 2.23. The summed E-state index contributed by atoms with van der Waals surface area (Å²) < 4.78 is 1.86. The van der Waals surface area contributed by atoms with Crippen molar-refractivity contribution in [2.75, 3.05) is 23.3 Å². The van der Waals surface area contributed by atoms with E-state index in [2.05, 4.69) is 16.9 Å². The van der Waals surface area contributed by atoms with Gasteiger partial charge in [-0.25, -0.2) is 4.98 Å². The average molecular weight is 417 g/mol. The molecule has 1 fully saturated rings. The fourth-order valence-corrected chi connectivity index (χ4v) is 3.79. The van der Waals surface area contributed by atoms with Gasteiger partial charge in [0.15, 0.2) is 5.82 Å². The second kappa shape index (κ2) is 8.43. The maximum atomic E-state index is 13.4. The normalized spacial score (nSPS) is 16.4. The van der Waals surface area contributed by atoms with Gasteiger partial charge in [0.2, 0.25) is 11.8 Å². The lowest BCUT2D eigenvalue weighted by molar-refractivity contribution is -0.138. The number of aromatic nitrogens is 2. The highest BCUT2D eigenvalue weighted by molar-refractivity contribution is 6.01. The van der Waals surface area contributed by atoms with E-state index in [-0.39, 0.29) is 17.7 Å². The number of benzene rings is 1. The molecule has 0 saturated carbocycles. The molecule has 4 rings (SSSR count). The van der Waals surface area contributed by atoms with Crippen LogP contribution in [-0.4, -0.2) is 51.1 Å². The van der Waals surface area contributed by atoms with Crippen molar-refractivity contribution >= 4 is 34.9 Å². The van der Waals surface area contributed by atoms with Crippen LogP contribution >= 0.6 is 0 Å². The van der Waals surface area contributed by atoms with E-state index < -0.39 is 6.04 Å². The molecule has 158 valence electrons. The number of piperazine rings is 1. The number of carbonyl (C=O) groups is 3. The van der Waals surface area contributed by atoms with E-state index in [0.717, 1.165) is 11.2 Å². The van der Waals surface area contributed by atoms with Crippen molar-refractivity contribution in [3.8, 4) is 0 Å². The van der Waals surface area contributed by atoms with Crippen LogP contribution in [0.3, 0.4) is 0 Å². The number of carbonyl (C=O) groups excluding carboxylic acids is 3. The second-order valence-electron chi connectivity index (χ2n) is 7.39. The Morgan fingerprint density at radius 1 is 1.19 bits per heavy atom. The van der Waals surface area contributed by atoms with Crippen molar-refractivity contribution in [1.29, 1.82) is 0 Å². The van der Waals surface area contributed by atoms with Crippen LogP contribution in [0.4, 0.5) is 11.5 Å². The third kappa shape index (κ3) is 4.18. The third-order valence-corrected chi connectivity index (χ3v) is 5.28. The summed E-state index contributed by atoms with van der Waals surface area (Å²) in [6, 6.07) is 12.2. The zero-order valence-corrected chi connectivity index (χ0v) is 17.2. The largest absolute Gasteiger partial charge is 0.326 e. The van der Waals surface area contributed by atoms with E-state index >= 15 is 0 Å². The van der Waals surface area contributed by atoms with Gasteiger partial charge in [0, 0.05) is 38.3 Å². The number of pyridine rings is 1. The van der Waals surface area contributed by atoms with Gasteiger partial charge in [-0.15, -0.1) is 0 Å². The third-order valence-electron chi connectivity index (χ3n) is 5.28. The number of hydrogen-bond acceptors (Lipinski definition) is 4. The lowest BCUT2D eigenvalue weighted by atomic mass is 10.0. The van der Waals surface area contributed by atoms with Gasteiger partial charge in [-0.3, -0.25) is 19.3 Å². The minimum atomic E-state index is -0.671. The molecule has 8 heteroatoms. The average Bonchev–Trinajstić information content (AvgIpc) is 3.19. The minimum Gasteiger partial charge on any atom is -0.326 e. The number of fused-ring (bicyclic) bond motifs is 1. The Labute approximate surface area is 179 Å². The van der Waals surface area contributed by atoms with Crippen LogP contribution in [0.5, 0.6) is 0 Å². The van der Waals surface area contributed by atoms with E-state index in [1.165, 1.54) is 13.0 Å². The first kappa shape index (κ1) is 20.3. The molecule has 8 nitrogen and oxygen atoms in total. The summed E-state index contributed by atoms with van der Waals surface area (Å²) in [5.41, 5.74) is 2.31. The van der Waals surface area contributed by atoms with Crippen molar-refractivity contribution in [2.24, 2.45) is 0 Å². The Kier molecular flexibility index (Phi) is 5.53. The molecule has 1 aliphatic rings. The minimum absolute atomic E-state index is 0.152. The number of nitrogens with one attached hydrogen (secondary N) is 1. The van der Waals surface area contributed by atoms with Crippen molar-refractivity contribution in [1.82, 2.24) is 14.3 Å². The summed E-state index contributed by atoms with van der Waals surface area (Å²) in [5, 5.41) is 2.72. The fourth-order valence-electron chi connectivity index (χ4n) is 3.79. The maximum Gasteiger partial charge on any atom is 0.251 e. The Bertz CT molecular complexity index is 1120. The Balaban J connectivity index is 1.60. The lowest BCUT2D eigenvalue weighted by Crippen LogP contribution is -2.59. The number of nitrogens with zero attached hydrogens (tertiary/aromatic N) is 4. The molecule has 3 aromatic rings. The SMILES string of the molecule is C=CC(=O)N1CCN(c2cn3ccccc3n2)C(=O)[C@H]1Cc1ccc(NC(C)=O)cc1. The van der Waals surface area contributed by atoms with Crippen LogP contribution in [0, 0.1) is 0 Å². The van der Waals surface area contributed by atoms with Crippen molar-refractivity contribution in [2.45, 2.75) is 19.4 Å². The summed E-state index contributed by atoms with van der Waals surface area (Å²) in [4.78, 5) is 44.9. The topological polar surface area (TPSA) is 87.0 Å². The zero-order valence-electron chi connectivity index (χ0n) is 17.2. The maximum absolute atomic E-state index is 13.4. The molecule has 0 bridgehead atoms. The molecule has 3 heterocycles. The molecule has 31 heavy (non-hydrogen) atoms. The molecular formula is C23H23N5O3. The van der Waals surface area contributed by atoms with Gasteiger partial charge < -0.3 is 14.6 Å². The van der Waals surface area contributed by atoms with Crippen LogP contribution in [0.1, 0.15) is 12.5 Å². The first-order valence-electron chi connectivity index (χ1n) is 10.0. The number of amides is 3. The van der Waals surface area contributed by atoms with Gasteiger partial charge in [-0.05, 0) is 35.9 Å².